The van der Waals surface area contributed by atoms with Crippen molar-refractivity contribution in [3.05, 3.63) is 28.3 Å². The van der Waals surface area contributed by atoms with Gasteiger partial charge in [-0.2, -0.15) is 5.10 Å². The third-order valence-electron chi connectivity index (χ3n) is 2.96. The van der Waals surface area contributed by atoms with Gasteiger partial charge in [0.15, 0.2) is 4.77 Å². The van der Waals surface area contributed by atoms with Crippen LogP contribution in [-0.2, 0) is 0 Å². The van der Waals surface area contributed by atoms with Gasteiger partial charge in [0.1, 0.15) is 5.82 Å². The minimum Gasteiger partial charge on any atom is -0.276 e. The SMILES string of the molecule is CC1=CC=C(n2c(C)n[nH]c2=S)CC1C. The average molecular weight is 221 g/mol. The number of nitrogens with one attached hydrogen (secondary N) is 1. The molecule has 1 aromatic rings. The Morgan fingerprint density at radius 1 is 1.47 bits per heavy atom. The molecule has 3 nitrogen and oxygen atoms in total. The average Bonchev–Trinajstić information content (AvgIpc) is 2.52. The highest BCUT2D eigenvalue weighted by molar-refractivity contribution is 7.71. The van der Waals surface area contributed by atoms with Gasteiger partial charge in [-0.15, -0.1) is 0 Å². The Bertz CT molecular complexity index is 490. The molecule has 4 heteroatoms. The van der Waals surface area contributed by atoms with Gasteiger partial charge < -0.3 is 0 Å². The van der Waals surface area contributed by atoms with Gasteiger partial charge in [0, 0.05) is 5.70 Å². The van der Waals surface area contributed by atoms with E-state index < -0.39 is 0 Å². The quantitative estimate of drug-likeness (QED) is 0.739. The van der Waals surface area contributed by atoms with Gasteiger partial charge in [0.05, 0.1) is 0 Å². The van der Waals surface area contributed by atoms with E-state index in [2.05, 4.69) is 36.2 Å². The van der Waals surface area contributed by atoms with Gasteiger partial charge in [-0.3, -0.25) is 9.67 Å². The van der Waals surface area contributed by atoms with Crippen LogP contribution in [0.15, 0.2) is 17.7 Å². The van der Waals surface area contributed by atoms with Crippen molar-refractivity contribution < 1.29 is 0 Å². The van der Waals surface area contributed by atoms with Crippen LogP contribution in [0.25, 0.3) is 5.70 Å². The van der Waals surface area contributed by atoms with Gasteiger partial charge >= 0.3 is 0 Å². The molecule has 1 aliphatic rings. The highest BCUT2D eigenvalue weighted by atomic mass is 32.1. The zero-order valence-electron chi connectivity index (χ0n) is 9.24. The van der Waals surface area contributed by atoms with Crippen LogP contribution in [0.3, 0.4) is 0 Å². The largest absolute Gasteiger partial charge is 0.276 e. The van der Waals surface area contributed by atoms with Crippen molar-refractivity contribution in [2.75, 3.05) is 0 Å². The predicted molar refractivity (Wildman–Crippen MR) is 64.0 cm³/mol. The summed E-state index contributed by atoms with van der Waals surface area (Å²) in [6, 6.07) is 0. The monoisotopic (exact) mass is 221 g/mol. The molecule has 1 unspecified atom stereocenters. The third-order valence-corrected chi connectivity index (χ3v) is 3.23. The molecule has 1 atom stereocenters. The van der Waals surface area contributed by atoms with Crippen molar-refractivity contribution in [1.82, 2.24) is 14.8 Å². The number of nitrogens with zero attached hydrogens (tertiary/aromatic N) is 2. The van der Waals surface area contributed by atoms with Gasteiger partial charge in [0.2, 0.25) is 0 Å². The van der Waals surface area contributed by atoms with Crippen LogP contribution >= 0.6 is 12.2 Å². The van der Waals surface area contributed by atoms with Gasteiger partial charge in [-0.25, -0.2) is 0 Å². The molecule has 1 heterocycles. The lowest BCUT2D eigenvalue weighted by Crippen LogP contribution is -2.08. The van der Waals surface area contributed by atoms with Crippen LogP contribution in [0.1, 0.15) is 26.1 Å². The Balaban J connectivity index is 2.46. The van der Waals surface area contributed by atoms with Gasteiger partial charge in [0.25, 0.3) is 0 Å². The zero-order chi connectivity index (χ0) is 11.0. The lowest BCUT2D eigenvalue weighted by Gasteiger charge is -2.20. The fourth-order valence-electron chi connectivity index (χ4n) is 1.81. The molecule has 0 bridgehead atoms. The maximum atomic E-state index is 5.21. The normalized spacial score (nSPS) is 21.1. The molecule has 1 aliphatic carbocycles. The Hall–Kier alpha value is -1.16. The first-order chi connectivity index (χ1) is 7.09. The van der Waals surface area contributed by atoms with E-state index in [4.69, 9.17) is 12.2 Å². The Kier molecular flexibility index (Phi) is 2.61. The summed E-state index contributed by atoms with van der Waals surface area (Å²) >= 11 is 5.21. The molecule has 80 valence electrons. The van der Waals surface area contributed by atoms with E-state index in [1.807, 2.05) is 11.5 Å². The van der Waals surface area contributed by atoms with E-state index in [0.29, 0.717) is 10.7 Å². The molecule has 0 fully saturated rings. The summed E-state index contributed by atoms with van der Waals surface area (Å²) in [4.78, 5) is 0. The number of hydrogen-bond donors (Lipinski definition) is 1. The number of aromatic nitrogens is 3. The van der Waals surface area contributed by atoms with Crippen LogP contribution in [0.2, 0.25) is 0 Å². The number of aryl methyl sites for hydroxylation is 1. The Morgan fingerprint density at radius 2 is 2.20 bits per heavy atom. The first-order valence-electron chi connectivity index (χ1n) is 5.11. The molecule has 0 amide bonds. The van der Waals surface area contributed by atoms with E-state index >= 15 is 0 Å². The molecule has 2 rings (SSSR count). The molecular weight excluding hydrogens is 206 g/mol. The summed E-state index contributed by atoms with van der Waals surface area (Å²) in [5.41, 5.74) is 2.65. The first-order valence-corrected chi connectivity index (χ1v) is 5.52. The van der Waals surface area contributed by atoms with E-state index in [1.54, 1.807) is 0 Å². The van der Waals surface area contributed by atoms with Crippen molar-refractivity contribution in [2.45, 2.75) is 27.2 Å². The molecule has 0 aliphatic heterocycles. The van der Waals surface area contributed by atoms with Crippen molar-refractivity contribution in [1.29, 1.82) is 0 Å². The van der Waals surface area contributed by atoms with Crippen molar-refractivity contribution in [3.63, 3.8) is 0 Å². The van der Waals surface area contributed by atoms with E-state index in [9.17, 15) is 0 Å². The Labute approximate surface area is 94.5 Å². The summed E-state index contributed by atoms with van der Waals surface area (Å²) in [7, 11) is 0. The maximum absolute atomic E-state index is 5.21. The molecule has 0 saturated carbocycles. The highest BCUT2D eigenvalue weighted by Crippen LogP contribution is 2.27. The standard InChI is InChI=1S/C11H15N3S/c1-7-4-5-10(6-8(7)2)14-9(3)12-13-11(14)15/h4-5,8H,6H2,1-3H3,(H,13,15). The van der Waals surface area contributed by atoms with E-state index in [0.717, 1.165) is 12.2 Å². The summed E-state index contributed by atoms with van der Waals surface area (Å²) in [5, 5.41) is 6.93. The summed E-state index contributed by atoms with van der Waals surface area (Å²) < 4.78 is 2.69. The minimum absolute atomic E-state index is 0.584. The lowest BCUT2D eigenvalue weighted by atomic mass is 9.92. The number of H-pyrrole nitrogens is 1. The number of aromatic amines is 1. The van der Waals surface area contributed by atoms with Crippen LogP contribution in [0.4, 0.5) is 0 Å². The van der Waals surface area contributed by atoms with Crippen molar-refractivity contribution in [2.24, 2.45) is 5.92 Å². The number of rotatable bonds is 1. The summed E-state index contributed by atoms with van der Waals surface area (Å²) in [6.45, 7) is 6.36. The fourth-order valence-corrected chi connectivity index (χ4v) is 2.11. The second kappa shape index (κ2) is 3.77. The van der Waals surface area contributed by atoms with Crippen LogP contribution < -0.4 is 0 Å². The molecule has 1 N–H and O–H groups in total. The van der Waals surface area contributed by atoms with Gasteiger partial charge in [-0.1, -0.05) is 18.6 Å². The van der Waals surface area contributed by atoms with Crippen LogP contribution in [0.5, 0.6) is 0 Å². The maximum Gasteiger partial charge on any atom is 0.199 e. The van der Waals surface area contributed by atoms with Crippen LogP contribution in [0, 0.1) is 17.6 Å². The topological polar surface area (TPSA) is 33.6 Å². The Morgan fingerprint density at radius 3 is 2.73 bits per heavy atom. The molecule has 0 spiro atoms. The number of hydrogen-bond acceptors (Lipinski definition) is 2. The highest BCUT2D eigenvalue weighted by Gasteiger charge is 2.15. The minimum atomic E-state index is 0.584. The molecule has 0 radical (unpaired) electrons. The van der Waals surface area contributed by atoms with Crippen molar-refractivity contribution >= 4 is 17.9 Å². The second-order valence-corrected chi connectivity index (χ2v) is 4.47. The second-order valence-electron chi connectivity index (χ2n) is 4.09. The molecule has 15 heavy (non-hydrogen) atoms. The summed E-state index contributed by atoms with van der Waals surface area (Å²) in [6.07, 6.45) is 5.32. The van der Waals surface area contributed by atoms with E-state index in [1.165, 1.54) is 11.3 Å². The molecular formula is C11H15N3S. The van der Waals surface area contributed by atoms with Crippen molar-refractivity contribution in [3.8, 4) is 0 Å². The van der Waals surface area contributed by atoms with E-state index in [-0.39, 0.29) is 0 Å². The third kappa shape index (κ3) is 1.81. The fraction of sp³-hybridized carbons (Fsp3) is 0.455. The molecule has 0 aromatic carbocycles. The van der Waals surface area contributed by atoms with Crippen LogP contribution in [-0.4, -0.2) is 14.8 Å². The number of allylic oxidation sites excluding steroid dienone is 4. The smallest absolute Gasteiger partial charge is 0.199 e. The summed E-state index contributed by atoms with van der Waals surface area (Å²) in [5.74, 6) is 1.51. The lowest BCUT2D eigenvalue weighted by molar-refractivity contribution is 0.673. The first kappa shape index (κ1) is 10.4. The molecule has 0 saturated heterocycles. The molecule has 1 aromatic heterocycles. The van der Waals surface area contributed by atoms with Gasteiger partial charge in [-0.05, 0) is 44.5 Å². The zero-order valence-corrected chi connectivity index (χ0v) is 10.1. The predicted octanol–water partition coefficient (Wildman–Crippen LogP) is 3.08.